The van der Waals surface area contributed by atoms with Crippen LogP contribution in [-0.4, -0.2) is 22.1 Å². The van der Waals surface area contributed by atoms with Crippen molar-refractivity contribution < 1.29 is 9.53 Å². The number of carbonyl (C=O) groups excluding carboxylic acids is 1. The summed E-state index contributed by atoms with van der Waals surface area (Å²) in [5, 5.41) is 0.979. The van der Waals surface area contributed by atoms with Crippen LogP contribution in [0.25, 0.3) is 11.0 Å². The van der Waals surface area contributed by atoms with Gasteiger partial charge in [-0.05, 0) is 59.8 Å². The highest BCUT2D eigenvalue weighted by Gasteiger charge is 2.26. The Morgan fingerprint density at radius 1 is 1.53 bits per heavy atom. The van der Waals surface area contributed by atoms with Gasteiger partial charge in [0.05, 0.1) is 6.61 Å². The van der Waals surface area contributed by atoms with Gasteiger partial charge in [0.1, 0.15) is 15.9 Å². The van der Waals surface area contributed by atoms with Gasteiger partial charge in [0.2, 0.25) is 0 Å². The van der Waals surface area contributed by atoms with Crippen molar-refractivity contribution in [3.63, 3.8) is 0 Å². The van der Waals surface area contributed by atoms with Gasteiger partial charge in [0.15, 0.2) is 0 Å². The van der Waals surface area contributed by atoms with E-state index in [9.17, 15) is 4.79 Å². The third kappa shape index (κ3) is 2.52. The zero-order chi connectivity index (χ0) is 13.4. The van der Waals surface area contributed by atoms with Crippen LogP contribution in [0, 0.1) is 5.92 Å². The minimum absolute atomic E-state index is 0.266. The van der Waals surface area contributed by atoms with Crippen LogP contribution in [0.5, 0.6) is 0 Å². The van der Waals surface area contributed by atoms with Crippen molar-refractivity contribution in [2.24, 2.45) is 5.92 Å². The molecule has 4 nitrogen and oxygen atoms in total. The molecule has 2 heterocycles. The normalized spacial score (nSPS) is 14.8. The van der Waals surface area contributed by atoms with Gasteiger partial charge in [-0.25, -0.2) is 9.78 Å². The van der Waals surface area contributed by atoms with Crippen molar-refractivity contribution in [1.29, 1.82) is 0 Å². The fourth-order valence-electron chi connectivity index (χ4n) is 2.22. The van der Waals surface area contributed by atoms with Gasteiger partial charge >= 0.3 is 5.97 Å². The Morgan fingerprint density at radius 2 is 2.32 bits per heavy atom. The molecule has 1 aliphatic carbocycles. The predicted molar refractivity (Wildman–Crippen MR) is 76.1 cm³/mol. The van der Waals surface area contributed by atoms with E-state index in [1.165, 1.54) is 12.8 Å². The first-order valence-electron chi connectivity index (χ1n) is 6.52. The SMILES string of the molecule is CCOC(=O)c1cc2ccc(Br)nc2n1CC1CC1. The molecule has 19 heavy (non-hydrogen) atoms. The summed E-state index contributed by atoms with van der Waals surface area (Å²) in [4.78, 5) is 16.5. The zero-order valence-electron chi connectivity index (χ0n) is 10.7. The highest BCUT2D eigenvalue weighted by molar-refractivity contribution is 9.10. The monoisotopic (exact) mass is 322 g/mol. The molecule has 0 spiro atoms. The van der Waals surface area contributed by atoms with Crippen LogP contribution in [-0.2, 0) is 11.3 Å². The highest BCUT2D eigenvalue weighted by Crippen LogP contribution is 2.33. The first-order chi connectivity index (χ1) is 9.19. The van der Waals surface area contributed by atoms with Gasteiger partial charge in [0.25, 0.3) is 0 Å². The van der Waals surface area contributed by atoms with Gasteiger partial charge in [-0.3, -0.25) is 0 Å². The van der Waals surface area contributed by atoms with Crippen LogP contribution >= 0.6 is 15.9 Å². The Labute approximate surface area is 119 Å². The van der Waals surface area contributed by atoms with E-state index in [2.05, 4.69) is 20.9 Å². The van der Waals surface area contributed by atoms with Crippen molar-refractivity contribution in [1.82, 2.24) is 9.55 Å². The van der Waals surface area contributed by atoms with Crippen LogP contribution in [0.1, 0.15) is 30.3 Å². The lowest BCUT2D eigenvalue weighted by Gasteiger charge is -2.08. The van der Waals surface area contributed by atoms with Crippen molar-refractivity contribution in [2.45, 2.75) is 26.3 Å². The molecule has 0 bridgehead atoms. The van der Waals surface area contributed by atoms with Crippen LogP contribution in [0.3, 0.4) is 0 Å². The molecule has 0 aliphatic heterocycles. The first kappa shape index (κ1) is 12.7. The molecule has 0 radical (unpaired) electrons. The second kappa shape index (κ2) is 4.96. The molecule has 0 saturated heterocycles. The summed E-state index contributed by atoms with van der Waals surface area (Å²) >= 11 is 3.38. The standard InChI is InChI=1S/C14H15BrN2O2/c1-2-19-14(18)11-7-10-5-6-12(15)16-13(10)17(11)8-9-3-4-9/h5-7,9H,2-4,8H2,1H3. The maximum absolute atomic E-state index is 12.0. The second-order valence-corrected chi connectivity index (χ2v) is 5.66. The average molecular weight is 323 g/mol. The number of halogens is 1. The van der Waals surface area contributed by atoms with Crippen molar-refractivity contribution in [3.8, 4) is 0 Å². The molecule has 3 rings (SSSR count). The summed E-state index contributed by atoms with van der Waals surface area (Å²) in [6.45, 7) is 3.06. The number of aromatic nitrogens is 2. The minimum atomic E-state index is -0.266. The maximum atomic E-state index is 12.0. The molecule has 2 aromatic heterocycles. The largest absolute Gasteiger partial charge is 0.461 e. The number of esters is 1. The fraction of sp³-hybridized carbons (Fsp3) is 0.429. The zero-order valence-corrected chi connectivity index (χ0v) is 12.3. The Morgan fingerprint density at radius 3 is 3.00 bits per heavy atom. The molecule has 0 atom stereocenters. The molecule has 5 heteroatoms. The molecule has 100 valence electrons. The number of carbonyl (C=O) groups is 1. The van der Waals surface area contributed by atoms with Gasteiger partial charge < -0.3 is 9.30 Å². The fourth-order valence-corrected chi connectivity index (χ4v) is 2.52. The second-order valence-electron chi connectivity index (χ2n) is 4.85. The maximum Gasteiger partial charge on any atom is 0.355 e. The Bertz CT molecular complexity index is 632. The third-order valence-electron chi connectivity index (χ3n) is 3.33. The lowest BCUT2D eigenvalue weighted by molar-refractivity contribution is 0.0514. The summed E-state index contributed by atoms with van der Waals surface area (Å²) < 4.78 is 7.91. The molecule has 1 fully saturated rings. The number of hydrogen-bond acceptors (Lipinski definition) is 3. The van der Waals surface area contributed by atoms with E-state index in [0.29, 0.717) is 18.2 Å². The van der Waals surface area contributed by atoms with Gasteiger partial charge in [-0.15, -0.1) is 0 Å². The third-order valence-corrected chi connectivity index (χ3v) is 3.77. The molecular formula is C14H15BrN2O2. The van der Waals surface area contributed by atoms with E-state index in [1.54, 1.807) is 0 Å². The average Bonchev–Trinajstić information content (AvgIpc) is 3.12. The number of pyridine rings is 1. The van der Waals surface area contributed by atoms with Gasteiger partial charge in [-0.1, -0.05) is 0 Å². The van der Waals surface area contributed by atoms with E-state index in [0.717, 1.165) is 22.2 Å². The Hall–Kier alpha value is -1.36. The van der Waals surface area contributed by atoms with Crippen LogP contribution in [0.4, 0.5) is 0 Å². The topological polar surface area (TPSA) is 44.1 Å². The van der Waals surface area contributed by atoms with E-state index in [1.807, 2.05) is 29.7 Å². The Balaban J connectivity index is 2.10. The number of ether oxygens (including phenoxy) is 1. The summed E-state index contributed by atoms with van der Waals surface area (Å²) in [6, 6.07) is 5.73. The smallest absolute Gasteiger partial charge is 0.355 e. The molecule has 0 N–H and O–H groups in total. The Kier molecular flexibility index (Phi) is 3.31. The van der Waals surface area contributed by atoms with Crippen LogP contribution in [0.2, 0.25) is 0 Å². The van der Waals surface area contributed by atoms with Crippen molar-refractivity contribution in [2.75, 3.05) is 6.61 Å². The van der Waals surface area contributed by atoms with Crippen LogP contribution < -0.4 is 0 Å². The number of rotatable bonds is 4. The van der Waals surface area contributed by atoms with Gasteiger partial charge in [-0.2, -0.15) is 0 Å². The number of nitrogens with zero attached hydrogens (tertiary/aromatic N) is 2. The van der Waals surface area contributed by atoms with E-state index in [4.69, 9.17) is 4.74 Å². The lowest BCUT2D eigenvalue weighted by Crippen LogP contribution is -2.13. The molecule has 1 aliphatic rings. The van der Waals surface area contributed by atoms with Crippen molar-refractivity contribution in [3.05, 3.63) is 28.5 Å². The summed E-state index contributed by atoms with van der Waals surface area (Å²) in [5.41, 5.74) is 1.46. The molecule has 0 aromatic carbocycles. The summed E-state index contributed by atoms with van der Waals surface area (Å²) in [6.07, 6.45) is 2.46. The molecule has 2 aromatic rings. The van der Waals surface area contributed by atoms with Crippen LogP contribution in [0.15, 0.2) is 22.8 Å². The van der Waals surface area contributed by atoms with E-state index < -0.39 is 0 Å². The van der Waals surface area contributed by atoms with E-state index in [-0.39, 0.29) is 5.97 Å². The van der Waals surface area contributed by atoms with E-state index >= 15 is 0 Å². The molecule has 0 unspecified atom stereocenters. The lowest BCUT2D eigenvalue weighted by atomic mass is 10.3. The predicted octanol–water partition coefficient (Wildman–Crippen LogP) is 3.39. The highest BCUT2D eigenvalue weighted by atomic mass is 79.9. The minimum Gasteiger partial charge on any atom is -0.461 e. The quantitative estimate of drug-likeness (QED) is 0.640. The number of fused-ring (bicyclic) bond motifs is 1. The summed E-state index contributed by atoms with van der Waals surface area (Å²) in [7, 11) is 0. The molecule has 0 amide bonds. The molecule has 1 saturated carbocycles. The van der Waals surface area contributed by atoms with Crippen molar-refractivity contribution >= 4 is 32.9 Å². The first-order valence-corrected chi connectivity index (χ1v) is 7.31. The van der Waals surface area contributed by atoms with Gasteiger partial charge in [0, 0.05) is 11.9 Å². The summed E-state index contributed by atoms with van der Waals surface area (Å²) in [5.74, 6) is 0.404. The number of hydrogen-bond donors (Lipinski definition) is 0. The molecular weight excluding hydrogens is 308 g/mol.